The molecule has 2 rings (SSSR count). The zero-order valence-electron chi connectivity index (χ0n) is 9.42. The lowest BCUT2D eigenvalue weighted by Crippen LogP contribution is -2.35. The summed E-state index contributed by atoms with van der Waals surface area (Å²) in [6.45, 7) is 2.10. The Morgan fingerprint density at radius 1 is 1.24 bits per heavy atom. The second-order valence-electron chi connectivity index (χ2n) is 4.06. The van der Waals surface area contributed by atoms with Crippen molar-refractivity contribution in [1.82, 2.24) is 5.32 Å². The van der Waals surface area contributed by atoms with Crippen LogP contribution in [0.15, 0.2) is 18.2 Å². The molecule has 1 atom stereocenters. The van der Waals surface area contributed by atoms with Crippen molar-refractivity contribution in [2.24, 2.45) is 0 Å². The molecule has 0 saturated carbocycles. The van der Waals surface area contributed by atoms with E-state index in [1.807, 2.05) is 0 Å². The van der Waals surface area contributed by atoms with E-state index in [1.54, 1.807) is 0 Å². The number of hydrogen-bond donors (Lipinski definition) is 1. The van der Waals surface area contributed by atoms with Crippen molar-refractivity contribution in [3.05, 3.63) is 35.4 Å². The lowest BCUT2D eigenvalue weighted by Gasteiger charge is -2.23. The summed E-state index contributed by atoms with van der Waals surface area (Å²) in [5.41, 5.74) is 0.545. The standard InChI is InChI=1S/C12H15F2NO.ClH/c13-10-4-9(5-11(14)6-10)8-16-12-2-1-3-15-7-12;/h4-6,12,15H,1-3,7-8H2;1H. The Labute approximate surface area is 106 Å². The van der Waals surface area contributed by atoms with Gasteiger partial charge in [0, 0.05) is 12.6 Å². The van der Waals surface area contributed by atoms with Crippen molar-refractivity contribution in [3.8, 4) is 0 Å². The first kappa shape index (κ1) is 14.4. The highest BCUT2D eigenvalue weighted by molar-refractivity contribution is 5.85. The van der Waals surface area contributed by atoms with Crippen LogP contribution in [0.5, 0.6) is 0 Å². The minimum Gasteiger partial charge on any atom is -0.372 e. The fourth-order valence-corrected chi connectivity index (χ4v) is 1.87. The molecule has 0 aromatic heterocycles. The van der Waals surface area contributed by atoms with Gasteiger partial charge >= 0.3 is 0 Å². The van der Waals surface area contributed by atoms with Gasteiger partial charge in [-0.15, -0.1) is 12.4 Å². The maximum atomic E-state index is 12.9. The molecular formula is C12H16ClF2NO. The molecule has 0 spiro atoms. The Kier molecular flexibility index (Phi) is 5.82. The SMILES string of the molecule is Cl.Fc1cc(F)cc(COC2CCCNC2)c1. The van der Waals surface area contributed by atoms with E-state index in [-0.39, 0.29) is 25.1 Å². The second-order valence-corrected chi connectivity index (χ2v) is 4.06. The predicted molar refractivity (Wildman–Crippen MR) is 64.3 cm³/mol. The summed E-state index contributed by atoms with van der Waals surface area (Å²) in [4.78, 5) is 0. The molecule has 1 N–H and O–H groups in total. The Bertz CT molecular complexity index is 336. The number of rotatable bonds is 3. The minimum atomic E-state index is -0.555. The molecule has 0 aliphatic carbocycles. The van der Waals surface area contributed by atoms with Gasteiger partial charge in [0.1, 0.15) is 11.6 Å². The molecule has 1 aromatic rings. The molecular weight excluding hydrogens is 248 g/mol. The molecule has 96 valence electrons. The lowest BCUT2D eigenvalue weighted by molar-refractivity contribution is 0.0250. The number of nitrogens with one attached hydrogen (secondary N) is 1. The van der Waals surface area contributed by atoms with Gasteiger partial charge in [-0.3, -0.25) is 0 Å². The van der Waals surface area contributed by atoms with Gasteiger partial charge in [-0.1, -0.05) is 0 Å². The largest absolute Gasteiger partial charge is 0.372 e. The summed E-state index contributed by atoms with van der Waals surface area (Å²) < 4.78 is 31.4. The molecule has 5 heteroatoms. The molecule has 2 nitrogen and oxygen atoms in total. The summed E-state index contributed by atoms with van der Waals surface area (Å²) >= 11 is 0. The number of benzene rings is 1. The molecule has 1 saturated heterocycles. The lowest BCUT2D eigenvalue weighted by atomic mass is 10.1. The summed E-state index contributed by atoms with van der Waals surface area (Å²) in [6, 6.07) is 3.48. The van der Waals surface area contributed by atoms with Crippen LogP contribution in [0.3, 0.4) is 0 Å². The van der Waals surface area contributed by atoms with E-state index in [2.05, 4.69) is 5.32 Å². The summed E-state index contributed by atoms with van der Waals surface area (Å²) in [6.07, 6.45) is 2.24. The maximum Gasteiger partial charge on any atom is 0.126 e. The van der Waals surface area contributed by atoms with E-state index >= 15 is 0 Å². The van der Waals surface area contributed by atoms with Crippen molar-refractivity contribution < 1.29 is 13.5 Å². The second kappa shape index (κ2) is 6.89. The molecule has 1 unspecified atom stereocenters. The van der Waals surface area contributed by atoms with E-state index in [4.69, 9.17) is 4.74 Å². The minimum absolute atomic E-state index is 0. The molecule has 1 aliphatic rings. The van der Waals surface area contributed by atoms with Gasteiger partial charge in [-0.2, -0.15) is 0 Å². The highest BCUT2D eigenvalue weighted by Gasteiger charge is 2.13. The normalized spacial score (nSPS) is 19.8. The zero-order valence-corrected chi connectivity index (χ0v) is 10.2. The van der Waals surface area contributed by atoms with E-state index in [1.165, 1.54) is 12.1 Å². The first-order chi connectivity index (χ1) is 7.74. The van der Waals surface area contributed by atoms with Gasteiger partial charge in [0.2, 0.25) is 0 Å². The van der Waals surface area contributed by atoms with Crippen molar-refractivity contribution in [2.45, 2.75) is 25.6 Å². The summed E-state index contributed by atoms with van der Waals surface area (Å²) in [7, 11) is 0. The molecule has 1 heterocycles. The van der Waals surface area contributed by atoms with Crippen molar-refractivity contribution >= 4 is 12.4 Å². The van der Waals surface area contributed by atoms with Gasteiger partial charge in [-0.05, 0) is 37.1 Å². The van der Waals surface area contributed by atoms with E-state index in [0.717, 1.165) is 32.0 Å². The predicted octanol–water partition coefficient (Wildman–Crippen LogP) is 2.66. The molecule has 1 fully saturated rings. The van der Waals surface area contributed by atoms with Crippen molar-refractivity contribution in [2.75, 3.05) is 13.1 Å². The van der Waals surface area contributed by atoms with Gasteiger partial charge < -0.3 is 10.1 Å². The quantitative estimate of drug-likeness (QED) is 0.905. The van der Waals surface area contributed by atoms with Crippen LogP contribution in [0.4, 0.5) is 8.78 Å². The first-order valence-corrected chi connectivity index (χ1v) is 5.51. The van der Waals surface area contributed by atoms with Gasteiger partial charge in [-0.25, -0.2) is 8.78 Å². The van der Waals surface area contributed by atoms with Crippen LogP contribution in [0.25, 0.3) is 0 Å². The van der Waals surface area contributed by atoms with E-state index in [9.17, 15) is 8.78 Å². The Hall–Kier alpha value is -0.710. The third kappa shape index (κ3) is 4.58. The van der Waals surface area contributed by atoms with Crippen LogP contribution in [-0.2, 0) is 11.3 Å². The fraction of sp³-hybridized carbons (Fsp3) is 0.500. The van der Waals surface area contributed by atoms with Crippen LogP contribution >= 0.6 is 12.4 Å². The summed E-state index contributed by atoms with van der Waals surface area (Å²) in [5.74, 6) is -1.11. The molecule has 1 aromatic carbocycles. The molecule has 0 amide bonds. The number of hydrogen-bond acceptors (Lipinski definition) is 2. The Balaban J connectivity index is 0.00000144. The maximum absolute atomic E-state index is 12.9. The summed E-state index contributed by atoms with van der Waals surface area (Å²) in [5, 5.41) is 3.22. The molecule has 17 heavy (non-hydrogen) atoms. The first-order valence-electron chi connectivity index (χ1n) is 5.51. The highest BCUT2D eigenvalue weighted by Crippen LogP contribution is 2.12. The number of ether oxygens (including phenoxy) is 1. The molecule has 0 bridgehead atoms. The van der Waals surface area contributed by atoms with Gasteiger partial charge in [0.25, 0.3) is 0 Å². The Morgan fingerprint density at radius 3 is 2.53 bits per heavy atom. The van der Waals surface area contributed by atoms with Gasteiger partial charge in [0.15, 0.2) is 0 Å². The topological polar surface area (TPSA) is 21.3 Å². The van der Waals surface area contributed by atoms with E-state index in [0.29, 0.717) is 5.56 Å². The number of piperidine rings is 1. The fourth-order valence-electron chi connectivity index (χ4n) is 1.87. The highest BCUT2D eigenvalue weighted by atomic mass is 35.5. The smallest absolute Gasteiger partial charge is 0.126 e. The van der Waals surface area contributed by atoms with Crippen LogP contribution in [0.1, 0.15) is 18.4 Å². The average molecular weight is 264 g/mol. The molecule has 0 radical (unpaired) electrons. The van der Waals surface area contributed by atoms with Crippen molar-refractivity contribution in [1.29, 1.82) is 0 Å². The van der Waals surface area contributed by atoms with E-state index < -0.39 is 11.6 Å². The van der Waals surface area contributed by atoms with Crippen LogP contribution in [-0.4, -0.2) is 19.2 Å². The third-order valence-electron chi connectivity index (χ3n) is 2.66. The van der Waals surface area contributed by atoms with Crippen molar-refractivity contribution in [3.63, 3.8) is 0 Å². The monoisotopic (exact) mass is 263 g/mol. The average Bonchev–Trinajstić information content (AvgIpc) is 2.27. The Morgan fingerprint density at radius 2 is 1.94 bits per heavy atom. The molecule has 1 aliphatic heterocycles. The van der Waals surface area contributed by atoms with Gasteiger partial charge in [0.05, 0.1) is 12.7 Å². The number of halogens is 3. The third-order valence-corrected chi connectivity index (χ3v) is 2.66. The van der Waals surface area contributed by atoms with Crippen LogP contribution < -0.4 is 5.32 Å². The van der Waals surface area contributed by atoms with Crippen LogP contribution in [0.2, 0.25) is 0 Å². The zero-order chi connectivity index (χ0) is 11.4. The van der Waals surface area contributed by atoms with Crippen LogP contribution in [0, 0.1) is 11.6 Å².